The van der Waals surface area contributed by atoms with Gasteiger partial charge in [-0.2, -0.15) is 0 Å². The van der Waals surface area contributed by atoms with Gasteiger partial charge in [0, 0.05) is 6.42 Å². The number of hydrogen-bond acceptors (Lipinski definition) is 2. The average molecular weight is 291 g/mol. The lowest BCUT2D eigenvalue weighted by molar-refractivity contribution is 0.126. The molecule has 112 valence electrons. The second kappa shape index (κ2) is 9.55. The van der Waals surface area contributed by atoms with Crippen LogP contribution in [0.2, 0.25) is 0 Å². The maximum Gasteiger partial charge on any atom is 0.0728 e. The summed E-state index contributed by atoms with van der Waals surface area (Å²) < 4.78 is 5.57. The number of benzene rings is 2. The standard InChI is InChI=1S/C20H21NO/c1-18(20-13-7-3-8-14-20)21-15-9-4-10-16-22-17-19-11-5-2-6-12-19/h2-3,5-8,11-15,18H,10,16-17H2,1H3/t18-/m1/s1. The minimum absolute atomic E-state index is 0.143. The van der Waals surface area contributed by atoms with Crippen LogP contribution in [-0.4, -0.2) is 12.8 Å². The molecule has 0 unspecified atom stereocenters. The third kappa shape index (κ3) is 5.95. The lowest BCUT2D eigenvalue weighted by Crippen LogP contribution is -1.94. The van der Waals surface area contributed by atoms with Crippen molar-refractivity contribution < 1.29 is 4.74 Å². The zero-order chi connectivity index (χ0) is 15.5. The molecule has 0 saturated heterocycles. The summed E-state index contributed by atoms with van der Waals surface area (Å²) in [6.07, 6.45) is 2.41. The highest BCUT2D eigenvalue weighted by atomic mass is 16.5. The summed E-state index contributed by atoms with van der Waals surface area (Å²) in [6.45, 7) is 3.35. The average Bonchev–Trinajstić information content (AvgIpc) is 2.59. The van der Waals surface area contributed by atoms with Gasteiger partial charge in [-0.3, -0.25) is 4.99 Å². The molecule has 0 heterocycles. The molecule has 2 nitrogen and oxygen atoms in total. The largest absolute Gasteiger partial charge is 0.376 e. The molecule has 0 saturated carbocycles. The van der Waals surface area contributed by atoms with E-state index in [-0.39, 0.29) is 6.04 Å². The first-order valence-electron chi connectivity index (χ1n) is 7.53. The van der Waals surface area contributed by atoms with Crippen molar-refractivity contribution in [3.05, 3.63) is 71.8 Å². The maximum absolute atomic E-state index is 5.57. The van der Waals surface area contributed by atoms with Gasteiger partial charge in [-0.15, -0.1) is 0 Å². The number of hydrogen-bond donors (Lipinski definition) is 0. The van der Waals surface area contributed by atoms with Crippen LogP contribution in [0.5, 0.6) is 0 Å². The molecule has 2 rings (SSSR count). The van der Waals surface area contributed by atoms with Crippen LogP contribution >= 0.6 is 0 Å². The van der Waals surface area contributed by atoms with Gasteiger partial charge in [0.1, 0.15) is 0 Å². The van der Waals surface area contributed by atoms with E-state index in [9.17, 15) is 0 Å². The fourth-order valence-electron chi connectivity index (χ4n) is 1.97. The van der Waals surface area contributed by atoms with Gasteiger partial charge in [0.2, 0.25) is 0 Å². The van der Waals surface area contributed by atoms with Gasteiger partial charge >= 0.3 is 0 Å². The highest BCUT2D eigenvalue weighted by molar-refractivity contribution is 5.78. The van der Waals surface area contributed by atoms with Crippen molar-refractivity contribution in [1.29, 1.82) is 0 Å². The predicted molar refractivity (Wildman–Crippen MR) is 91.8 cm³/mol. The van der Waals surface area contributed by atoms with Crippen LogP contribution < -0.4 is 0 Å². The molecule has 0 bridgehead atoms. The summed E-state index contributed by atoms with van der Waals surface area (Å²) in [6, 6.07) is 20.5. The Morgan fingerprint density at radius 3 is 2.45 bits per heavy atom. The maximum atomic E-state index is 5.57. The second-order valence-electron chi connectivity index (χ2n) is 4.97. The number of nitrogens with zero attached hydrogens (tertiary/aromatic N) is 1. The van der Waals surface area contributed by atoms with Gasteiger partial charge in [-0.25, -0.2) is 0 Å². The van der Waals surface area contributed by atoms with E-state index in [1.807, 2.05) is 36.4 Å². The molecule has 1 atom stereocenters. The predicted octanol–water partition coefficient (Wildman–Crippen LogP) is 4.43. The lowest BCUT2D eigenvalue weighted by Gasteiger charge is -2.04. The van der Waals surface area contributed by atoms with E-state index in [4.69, 9.17) is 4.74 Å². The number of aliphatic imine (C=N–C) groups is 1. The Kier molecular flexibility index (Phi) is 6.95. The van der Waals surface area contributed by atoms with Crippen LogP contribution in [0.15, 0.2) is 65.7 Å². The van der Waals surface area contributed by atoms with E-state index in [2.05, 4.69) is 48.0 Å². The van der Waals surface area contributed by atoms with Crippen LogP contribution in [0, 0.1) is 11.8 Å². The van der Waals surface area contributed by atoms with E-state index in [0.717, 1.165) is 6.42 Å². The van der Waals surface area contributed by atoms with E-state index >= 15 is 0 Å². The molecule has 2 aromatic rings. The summed E-state index contributed by atoms with van der Waals surface area (Å²) >= 11 is 0. The molecule has 0 aliphatic carbocycles. The highest BCUT2D eigenvalue weighted by Crippen LogP contribution is 2.14. The quantitative estimate of drug-likeness (QED) is 0.438. The summed E-state index contributed by atoms with van der Waals surface area (Å²) in [4.78, 5) is 4.42. The van der Waals surface area contributed by atoms with E-state index in [0.29, 0.717) is 13.2 Å². The Bertz CT molecular complexity index is 623. The number of ether oxygens (including phenoxy) is 1. The van der Waals surface area contributed by atoms with Gasteiger partial charge in [0.15, 0.2) is 0 Å². The highest BCUT2D eigenvalue weighted by Gasteiger charge is 1.98. The van der Waals surface area contributed by atoms with Gasteiger partial charge in [0.25, 0.3) is 0 Å². The van der Waals surface area contributed by atoms with Crippen molar-refractivity contribution in [2.24, 2.45) is 4.99 Å². The Morgan fingerprint density at radius 2 is 1.73 bits per heavy atom. The zero-order valence-electron chi connectivity index (χ0n) is 12.9. The lowest BCUT2D eigenvalue weighted by atomic mass is 10.1. The minimum Gasteiger partial charge on any atom is -0.376 e. The molecule has 0 amide bonds. The van der Waals surface area contributed by atoms with Gasteiger partial charge < -0.3 is 4.74 Å². The van der Waals surface area contributed by atoms with Crippen molar-refractivity contribution in [2.75, 3.05) is 6.61 Å². The molecule has 0 N–H and O–H groups in total. The molecule has 2 heteroatoms. The number of rotatable bonds is 6. The van der Waals surface area contributed by atoms with Gasteiger partial charge in [-0.05, 0) is 18.1 Å². The minimum atomic E-state index is 0.143. The van der Waals surface area contributed by atoms with Crippen LogP contribution in [0.3, 0.4) is 0 Å². The first kappa shape index (κ1) is 16.0. The zero-order valence-corrected chi connectivity index (χ0v) is 12.9. The normalized spacial score (nSPS) is 11.9. The summed E-state index contributed by atoms with van der Waals surface area (Å²) in [5, 5.41) is 0. The molecule has 2 aromatic carbocycles. The Balaban J connectivity index is 1.64. The first-order chi connectivity index (χ1) is 10.9. The summed E-state index contributed by atoms with van der Waals surface area (Å²) in [5.74, 6) is 6.02. The Hall–Kier alpha value is -2.37. The van der Waals surface area contributed by atoms with Crippen molar-refractivity contribution in [2.45, 2.75) is 26.0 Å². The molecule has 22 heavy (non-hydrogen) atoms. The Morgan fingerprint density at radius 1 is 1.05 bits per heavy atom. The fraction of sp³-hybridized carbons (Fsp3) is 0.250. The second-order valence-corrected chi connectivity index (χ2v) is 4.97. The van der Waals surface area contributed by atoms with Crippen molar-refractivity contribution in [3.63, 3.8) is 0 Å². The molecule has 0 aromatic heterocycles. The van der Waals surface area contributed by atoms with Crippen LogP contribution in [0.1, 0.15) is 30.5 Å². The molecule has 0 spiro atoms. The molecule has 0 aliphatic heterocycles. The SMILES string of the molecule is C[C@@H](N=CC#CCCOCc1ccccc1)c1ccccc1. The van der Waals surface area contributed by atoms with E-state index in [1.165, 1.54) is 11.1 Å². The fourth-order valence-corrected chi connectivity index (χ4v) is 1.97. The third-order valence-electron chi connectivity index (χ3n) is 3.23. The van der Waals surface area contributed by atoms with Crippen LogP contribution in [0.25, 0.3) is 0 Å². The molecular formula is C20H21NO. The first-order valence-corrected chi connectivity index (χ1v) is 7.53. The monoisotopic (exact) mass is 291 g/mol. The van der Waals surface area contributed by atoms with Crippen LogP contribution in [0.4, 0.5) is 0 Å². The van der Waals surface area contributed by atoms with Crippen molar-refractivity contribution in [1.82, 2.24) is 0 Å². The van der Waals surface area contributed by atoms with Crippen molar-refractivity contribution >= 4 is 6.21 Å². The summed E-state index contributed by atoms with van der Waals surface area (Å²) in [5.41, 5.74) is 2.39. The van der Waals surface area contributed by atoms with Gasteiger partial charge in [-0.1, -0.05) is 72.5 Å². The van der Waals surface area contributed by atoms with E-state index in [1.54, 1.807) is 6.21 Å². The van der Waals surface area contributed by atoms with Crippen molar-refractivity contribution in [3.8, 4) is 11.8 Å². The smallest absolute Gasteiger partial charge is 0.0728 e. The van der Waals surface area contributed by atoms with Gasteiger partial charge in [0.05, 0.1) is 25.5 Å². The summed E-state index contributed by atoms with van der Waals surface area (Å²) in [7, 11) is 0. The van der Waals surface area contributed by atoms with E-state index < -0.39 is 0 Å². The Labute approximate surface area is 132 Å². The van der Waals surface area contributed by atoms with Crippen LogP contribution in [-0.2, 0) is 11.3 Å². The topological polar surface area (TPSA) is 21.6 Å². The molecule has 0 aliphatic rings. The third-order valence-corrected chi connectivity index (χ3v) is 3.23. The molecular weight excluding hydrogens is 270 g/mol. The molecule has 0 radical (unpaired) electrons. The molecule has 0 fully saturated rings.